The maximum atomic E-state index is 12.9. The quantitative estimate of drug-likeness (QED) is 0.635. The van der Waals surface area contributed by atoms with E-state index in [0.717, 1.165) is 4.90 Å². The van der Waals surface area contributed by atoms with Crippen LogP contribution in [0.5, 0.6) is 11.5 Å². The summed E-state index contributed by atoms with van der Waals surface area (Å²) in [5.74, 6) is -0.389. The van der Waals surface area contributed by atoms with Crippen LogP contribution in [-0.2, 0) is 9.59 Å². The van der Waals surface area contributed by atoms with E-state index in [4.69, 9.17) is 21.1 Å². The summed E-state index contributed by atoms with van der Waals surface area (Å²) in [6.07, 6.45) is 1.40. The smallest absolute Gasteiger partial charge is 0.335 e. The molecule has 8 heteroatoms. The molecular weight excluding hydrogens is 372 g/mol. The minimum Gasteiger partial charge on any atom is -0.454 e. The highest BCUT2D eigenvalue weighted by molar-refractivity contribution is 6.39. The van der Waals surface area contributed by atoms with Crippen molar-refractivity contribution in [3.8, 4) is 11.5 Å². The molecule has 2 aromatic carbocycles. The Hall–Kier alpha value is -3.32. The zero-order valence-electron chi connectivity index (χ0n) is 14.1. The van der Waals surface area contributed by atoms with E-state index < -0.39 is 17.8 Å². The second kappa shape index (κ2) is 6.44. The number of urea groups is 1. The highest BCUT2D eigenvalue weighted by Gasteiger charge is 2.37. The molecule has 136 valence electrons. The Labute approximate surface area is 159 Å². The zero-order chi connectivity index (χ0) is 19.1. The number of ether oxygens (including phenoxy) is 2. The van der Waals surface area contributed by atoms with E-state index in [1.165, 1.54) is 6.08 Å². The van der Waals surface area contributed by atoms with Gasteiger partial charge in [0.05, 0.1) is 5.69 Å². The summed E-state index contributed by atoms with van der Waals surface area (Å²) in [6, 6.07) is 9.08. The third kappa shape index (κ3) is 2.92. The maximum Gasteiger partial charge on any atom is 0.335 e. The lowest BCUT2D eigenvalue weighted by molar-refractivity contribution is -0.122. The van der Waals surface area contributed by atoms with Gasteiger partial charge in [0.2, 0.25) is 6.79 Å². The molecule has 1 N–H and O–H groups in total. The van der Waals surface area contributed by atoms with Crippen LogP contribution in [0.3, 0.4) is 0 Å². The van der Waals surface area contributed by atoms with E-state index >= 15 is 0 Å². The molecule has 7 nitrogen and oxygen atoms in total. The van der Waals surface area contributed by atoms with Gasteiger partial charge in [-0.3, -0.25) is 14.9 Å². The second-order valence-corrected chi connectivity index (χ2v) is 6.36. The van der Waals surface area contributed by atoms with Crippen molar-refractivity contribution in [2.45, 2.75) is 6.92 Å². The zero-order valence-corrected chi connectivity index (χ0v) is 14.9. The Morgan fingerprint density at radius 2 is 1.89 bits per heavy atom. The third-order valence-electron chi connectivity index (χ3n) is 4.29. The molecule has 0 radical (unpaired) electrons. The molecule has 0 atom stereocenters. The van der Waals surface area contributed by atoms with Crippen LogP contribution in [0.25, 0.3) is 6.08 Å². The van der Waals surface area contributed by atoms with Crippen molar-refractivity contribution in [3.05, 3.63) is 58.1 Å². The molecule has 0 bridgehead atoms. The van der Waals surface area contributed by atoms with Crippen molar-refractivity contribution in [1.29, 1.82) is 0 Å². The predicted molar refractivity (Wildman–Crippen MR) is 97.8 cm³/mol. The number of nitrogens with zero attached hydrogens (tertiary/aromatic N) is 1. The Morgan fingerprint density at radius 3 is 2.70 bits per heavy atom. The first-order valence-corrected chi connectivity index (χ1v) is 8.40. The standard InChI is InChI=1S/C19H13ClN2O5/c1-10-13(20)3-2-4-14(10)22-18(24)12(17(23)21-19(22)25)7-11-5-6-15-16(8-11)27-9-26-15/h2-8H,9H2,1H3,(H,21,23,25)/b12-7+. The van der Waals surface area contributed by atoms with Crippen LogP contribution in [-0.4, -0.2) is 24.6 Å². The van der Waals surface area contributed by atoms with Crippen molar-refractivity contribution in [2.24, 2.45) is 0 Å². The lowest BCUT2D eigenvalue weighted by Crippen LogP contribution is -2.54. The van der Waals surface area contributed by atoms with E-state index in [-0.39, 0.29) is 12.4 Å². The average Bonchev–Trinajstić information content (AvgIpc) is 3.10. The van der Waals surface area contributed by atoms with Gasteiger partial charge >= 0.3 is 6.03 Å². The van der Waals surface area contributed by atoms with Gasteiger partial charge in [0.25, 0.3) is 11.8 Å². The molecule has 2 heterocycles. The number of benzene rings is 2. The van der Waals surface area contributed by atoms with E-state index in [1.54, 1.807) is 43.3 Å². The number of barbiturate groups is 1. The van der Waals surface area contributed by atoms with Crippen molar-refractivity contribution in [2.75, 3.05) is 11.7 Å². The van der Waals surface area contributed by atoms with E-state index in [9.17, 15) is 14.4 Å². The van der Waals surface area contributed by atoms with Gasteiger partial charge in [-0.15, -0.1) is 0 Å². The number of amides is 4. The average molecular weight is 385 g/mol. The van der Waals surface area contributed by atoms with Gasteiger partial charge in [-0.1, -0.05) is 23.7 Å². The summed E-state index contributed by atoms with van der Waals surface area (Å²) in [7, 11) is 0. The molecule has 4 rings (SSSR count). The Morgan fingerprint density at radius 1 is 1.11 bits per heavy atom. The molecule has 2 aliphatic heterocycles. The number of carbonyl (C=O) groups is 3. The van der Waals surface area contributed by atoms with Crippen LogP contribution in [0.2, 0.25) is 5.02 Å². The summed E-state index contributed by atoms with van der Waals surface area (Å²) < 4.78 is 10.5. The molecule has 2 aliphatic rings. The fourth-order valence-electron chi connectivity index (χ4n) is 2.88. The molecule has 0 unspecified atom stereocenters. The van der Waals surface area contributed by atoms with Gasteiger partial charge in [0, 0.05) is 5.02 Å². The largest absolute Gasteiger partial charge is 0.454 e. The van der Waals surface area contributed by atoms with E-state index in [2.05, 4.69) is 5.32 Å². The fraction of sp³-hybridized carbons (Fsp3) is 0.105. The van der Waals surface area contributed by atoms with Gasteiger partial charge in [-0.25, -0.2) is 9.69 Å². The molecule has 2 aromatic rings. The van der Waals surface area contributed by atoms with Crippen LogP contribution in [0.15, 0.2) is 42.0 Å². The minimum atomic E-state index is -0.821. The van der Waals surface area contributed by atoms with Gasteiger partial charge in [0.1, 0.15) is 5.57 Å². The van der Waals surface area contributed by atoms with Crippen molar-refractivity contribution in [3.63, 3.8) is 0 Å². The molecule has 1 saturated heterocycles. The summed E-state index contributed by atoms with van der Waals surface area (Å²) in [5.41, 5.74) is 1.26. The van der Waals surface area contributed by atoms with Crippen LogP contribution >= 0.6 is 11.6 Å². The van der Waals surface area contributed by atoms with Gasteiger partial charge in [-0.05, 0) is 48.4 Å². The highest BCUT2D eigenvalue weighted by Crippen LogP contribution is 2.34. The van der Waals surface area contributed by atoms with Crippen LogP contribution in [0.1, 0.15) is 11.1 Å². The summed E-state index contributed by atoms with van der Waals surface area (Å²) >= 11 is 6.10. The Kier molecular flexibility index (Phi) is 4.08. The maximum absolute atomic E-state index is 12.9. The lowest BCUT2D eigenvalue weighted by atomic mass is 10.1. The summed E-state index contributed by atoms with van der Waals surface area (Å²) in [4.78, 5) is 38.4. The number of nitrogens with one attached hydrogen (secondary N) is 1. The first-order valence-electron chi connectivity index (χ1n) is 8.02. The van der Waals surface area contributed by atoms with Crippen molar-refractivity contribution >= 4 is 41.2 Å². The van der Waals surface area contributed by atoms with Gasteiger partial charge < -0.3 is 9.47 Å². The molecule has 27 heavy (non-hydrogen) atoms. The SMILES string of the molecule is Cc1c(Cl)cccc1N1C(=O)NC(=O)/C(=C\c2ccc3c(c2)OCO3)C1=O. The Bertz CT molecular complexity index is 1030. The molecule has 1 fully saturated rings. The first-order chi connectivity index (χ1) is 13.0. The summed E-state index contributed by atoms with van der Waals surface area (Å²) in [5, 5.41) is 2.60. The summed E-state index contributed by atoms with van der Waals surface area (Å²) in [6.45, 7) is 1.81. The molecule has 0 saturated carbocycles. The third-order valence-corrected chi connectivity index (χ3v) is 4.70. The second-order valence-electron chi connectivity index (χ2n) is 5.95. The number of hydrogen-bond donors (Lipinski definition) is 1. The van der Waals surface area contributed by atoms with Crippen molar-refractivity contribution < 1.29 is 23.9 Å². The first kappa shape index (κ1) is 17.1. The number of rotatable bonds is 2. The van der Waals surface area contributed by atoms with E-state index in [0.29, 0.717) is 33.3 Å². The van der Waals surface area contributed by atoms with E-state index in [1.807, 2.05) is 0 Å². The molecule has 0 aromatic heterocycles. The Balaban J connectivity index is 1.75. The number of anilines is 1. The topological polar surface area (TPSA) is 84.9 Å². The van der Waals surface area contributed by atoms with Crippen LogP contribution in [0.4, 0.5) is 10.5 Å². The number of carbonyl (C=O) groups excluding carboxylic acids is 3. The lowest BCUT2D eigenvalue weighted by Gasteiger charge is -2.27. The van der Waals surface area contributed by atoms with Gasteiger partial charge in [-0.2, -0.15) is 0 Å². The molecular formula is C19H13ClN2O5. The number of hydrogen-bond acceptors (Lipinski definition) is 5. The highest BCUT2D eigenvalue weighted by atomic mass is 35.5. The van der Waals surface area contributed by atoms with Crippen LogP contribution in [0, 0.1) is 6.92 Å². The predicted octanol–water partition coefficient (Wildman–Crippen LogP) is 3.04. The minimum absolute atomic E-state index is 0.116. The number of fused-ring (bicyclic) bond motifs is 1. The van der Waals surface area contributed by atoms with Gasteiger partial charge in [0.15, 0.2) is 11.5 Å². The van der Waals surface area contributed by atoms with Crippen molar-refractivity contribution in [1.82, 2.24) is 5.32 Å². The molecule has 4 amide bonds. The fourth-order valence-corrected chi connectivity index (χ4v) is 3.05. The number of imide groups is 2. The number of halogens is 1. The molecule has 0 spiro atoms. The van der Waals surface area contributed by atoms with Crippen LogP contribution < -0.4 is 19.7 Å². The normalized spacial score (nSPS) is 17.5. The monoisotopic (exact) mass is 384 g/mol. The molecule has 0 aliphatic carbocycles.